The zero-order valence-corrected chi connectivity index (χ0v) is 30.1. The van der Waals surface area contributed by atoms with Gasteiger partial charge in [0.25, 0.3) is 0 Å². The highest BCUT2D eigenvalue weighted by molar-refractivity contribution is 5.92. The third-order valence-electron chi connectivity index (χ3n) is 9.27. The molecule has 1 aliphatic rings. The number of ether oxygens (including phenoxy) is 2. The van der Waals surface area contributed by atoms with Crippen molar-refractivity contribution in [2.45, 2.75) is 77.5 Å². The van der Waals surface area contributed by atoms with Crippen molar-refractivity contribution < 1.29 is 36.6 Å². The molecular formula is C40H41F4N5O4. The van der Waals surface area contributed by atoms with Gasteiger partial charge in [0.1, 0.15) is 40.7 Å². The topological polar surface area (TPSA) is 109 Å². The molecule has 53 heavy (non-hydrogen) atoms. The maximum atomic E-state index is 15.3. The zero-order chi connectivity index (χ0) is 38.0. The lowest BCUT2D eigenvalue weighted by Crippen LogP contribution is -2.49. The van der Waals surface area contributed by atoms with Gasteiger partial charge in [-0.05, 0) is 106 Å². The van der Waals surface area contributed by atoms with Crippen LogP contribution in [0.15, 0.2) is 67.0 Å². The SMILES string of the molecule is Cc1cc2nc(C3COC(CCc4c(F)cncc4NC(=O)CC(c4ccc(F)cc4)c4cc(F)cc(F)c4)CN3C(=O)OC(C)(C)C)[nH]c2cc1C. The molecule has 2 aromatic heterocycles. The molecule has 6 rings (SSSR count). The van der Waals surface area contributed by atoms with Crippen molar-refractivity contribution in [2.75, 3.05) is 18.5 Å². The fourth-order valence-electron chi connectivity index (χ4n) is 6.50. The van der Waals surface area contributed by atoms with Crippen molar-refractivity contribution in [3.05, 3.63) is 124 Å². The van der Waals surface area contributed by atoms with E-state index in [1.165, 1.54) is 30.5 Å². The average molecular weight is 732 g/mol. The molecule has 2 N–H and O–H groups in total. The molecule has 2 amide bonds. The van der Waals surface area contributed by atoms with Gasteiger partial charge >= 0.3 is 6.09 Å². The lowest BCUT2D eigenvalue weighted by Gasteiger charge is -2.39. The fraction of sp³-hybridized carbons (Fsp3) is 0.350. The molecule has 278 valence electrons. The van der Waals surface area contributed by atoms with Crippen LogP contribution in [-0.4, -0.2) is 56.7 Å². The number of pyridine rings is 1. The van der Waals surface area contributed by atoms with Crippen molar-refractivity contribution in [1.29, 1.82) is 0 Å². The highest BCUT2D eigenvalue weighted by Gasteiger charge is 2.37. The molecule has 13 heteroatoms. The van der Waals surface area contributed by atoms with E-state index in [-0.39, 0.29) is 49.2 Å². The lowest BCUT2D eigenvalue weighted by molar-refractivity contribution is -0.116. The van der Waals surface area contributed by atoms with E-state index in [1.54, 1.807) is 25.7 Å². The summed E-state index contributed by atoms with van der Waals surface area (Å²) < 4.78 is 69.5. The first-order chi connectivity index (χ1) is 25.1. The summed E-state index contributed by atoms with van der Waals surface area (Å²) in [5, 5.41) is 2.71. The number of anilines is 1. The predicted octanol–water partition coefficient (Wildman–Crippen LogP) is 8.60. The van der Waals surface area contributed by atoms with Gasteiger partial charge in [0.2, 0.25) is 5.91 Å². The van der Waals surface area contributed by atoms with Gasteiger partial charge in [-0.15, -0.1) is 0 Å². The van der Waals surface area contributed by atoms with E-state index in [9.17, 15) is 22.8 Å². The molecule has 0 spiro atoms. The van der Waals surface area contributed by atoms with E-state index in [0.29, 0.717) is 11.4 Å². The first kappa shape index (κ1) is 37.5. The summed E-state index contributed by atoms with van der Waals surface area (Å²) in [5.41, 5.74) is 3.96. The van der Waals surface area contributed by atoms with Gasteiger partial charge in [-0.1, -0.05) is 12.1 Å². The number of aromatic amines is 1. The Kier molecular flexibility index (Phi) is 10.9. The number of rotatable bonds is 9. The Labute approximate surface area is 304 Å². The average Bonchev–Trinajstić information content (AvgIpc) is 3.48. The predicted molar refractivity (Wildman–Crippen MR) is 191 cm³/mol. The van der Waals surface area contributed by atoms with E-state index >= 15 is 4.39 Å². The minimum Gasteiger partial charge on any atom is -0.444 e. The molecule has 1 fully saturated rings. The molecule has 9 nitrogen and oxygen atoms in total. The highest BCUT2D eigenvalue weighted by atomic mass is 19.1. The number of aryl methyl sites for hydroxylation is 2. The molecule has 3 heterocycles. The normalized spacial score (nSPS) is 16.8. The van der Waals surface area contributed by atoms with Gasteiger partial charge in [0.05, 0.1) is 48.4 Å². The summed E-state index contributed by atoms with van der Waals surface area (Å²) in [6.45, 7) is 9.61. The molecule has 1 aliphatic heterocycles. The molecule has 0 aliphatic carbocycles. The van der Waals surface area contributed by atoms with E-state index in [0.717, 1.165) is 46.6 Å². The Bertz CT molecular complexity index is 2070. The monoisotopic (exact) mass is 731 g/mol. The Balaban J connectivity index is 1.19. The number of hydrogen-bond donors (Lipinski definition) is 2. The number of aromatic nitrogens is 3. The van der Waals surface area contributed by atoms with Gasteiger partial charge in [-0.3, -0.25) is 14.7 Å². The van der Waals surface area contributed by atoms with Crippen molar-refractivity contribution in [3.63, 3.8) is 0 Å². The third-order valence-corrected chi connectivity index (χ3v) is 9.27. The number of carbonyl (C=O) groups is 2. The first-order valence-corrected chi connectivity index (χ1v) is 17.4. The van der Waals surface area contributed by atoms with Gasteiger partial charge in [0, 0.05) is 24.0 Å². The maximum Gasteiger partial charge on any atom is 0.411 e. The van der Waals surface area contributed by atoms with Crippen LogP contribution in [0.4, 0.5) is 28.0 Å². The number of carbonyl (C=O) groups excluding carboxylic acids is 2. The Hall–Kier alpha value is -5.30. The van der Waals surface area contributed by atoms with Gasteiger partial charge in [-0.25, -0.2) is 27.3 Å². The summed E-state index contributed by atoms with van der Waals surface area (Å²) in [4.78, 5) is 40.6. The number of nitrogens with zero attached hydrogens (tertiary/aromatic N) is 3. The summed E-state index contributed by atoms with van der Waals surface area (Å²) >= 11 is 0. The van der Waals surface area contributed by atoms with E-state index < -0.39 is 58.9 Å². The fourth-order valence-corrected chi connectivity index (χ4v) is 6.50. The highest BCUT2D eigenvalue weighted by Crippen LogP contribution is 2.33. The molecule has 0 bridgehead atoms. The second-order valence-electron chi connectivity index (χ2n) is 14.4. The summed E-state index contributed by atoms with van der Waals surface area (Å²) in [6.07, 6.45) is 1.40. The molecule has 0 saturated carbocycles. The van der Waals surface area contributed by atoms with Gasteiger partial charge < -0.3 is 19.8 Å². The number of amides is 2. The molecule has 3 atom stereocenters. The number of morpholine rings is 1. The summed E-state index contributed by atoms with van der Waals surface area (Å²) in [6, 6.07) is 11.7. The summed E-state index contributed by atoms with van der Waals surface area (Å²) in [7, 11) is 0. The minimum atomic E-state index is -0.840. The van der Waals surface area contributed by atoms with Crippen molar-refractivity contribution in [2.24, 2.45) is 0 Å². The third kappa shape index (κ3) is 9.02. The quantitative estimate of drug-likeness (QED) is 0.147. The number of hydrogen-bond acceptors (Lipinski definition) is 6. The first-order valence-electron chi connectivity index (χ1n) is 17.4. The minimum absolute atomic E-state index is 0.107. The zero-order valence-electron chi connectivity index (χ0n) is 30.1. The number of nitrogens with one attached hydrogen (secondary N) is 2. The second-order valence-corrected chi connectivity index (χ2v) is 14.4. The largest absolute Gasteiger partial charge is 0.444 e. The van der Waals surface area contributed by atoms with Crippen LogP contribution < -0.4 is 5.32 Å². The Morgan fingerprint density at radius 1 is 0.962 bits per heavy atom. The van der Waals surface area contributed by atoms with Crippen LogP contribution in [0.2, 0.25) is 0 Å². The number of fused-ring (bicyclic) bond motifs is 1. The van der Waals surface area contributed by atoms with Crippen LogP contribution in [-0.2, 0) is 20.7 Å². The molecular weight excluding hydrogens is 690 g/mol. The van der Waals surface area contributed by atoms with Crippen molar-refractivity contribution in [3.8, 4) is 0 Å². The molecule has 3 unspecified atom stereocenters. The number of benzene rings is 3. The van der Waals surface area contributed by atoms with Crippen LogP contribution in [0.5, 0.6) is 0 Å². The van der Waals surface area contributed by atoms with Crippen molar-refractivity contribution >= 4 is 28.7 Å². The number of imidazole rings is 1. The molecule has 0 radical (unpaired) electrons. The maximum absolute atomic E-state index is 15.3. The standard InChI is InChI=1S/C40H41F4N5O4/c1-22-12-33-34(13-23(22)2)48-38(47-33)36-21-52-29(20-49(36)39(51)53-40(3,4)5)10-11-30-32(44)18-45-19-35(30)46-37(50)17-31(24-6-8-26(41)9-7-24)25-14-27(42)16-28(43)15-25/h6-9,12-16,18-19,29,31,36H,10-11,17,20-21H2,1-5H3,(H,46,50)(H,47,48). The second kappa shape index (κ2) is 15.4. The van der Waals surface area contributed by atoms with Crippen LogP contribution in [0.1, 0.15) is 79.2 Å². The van der Waals surface area contributed by atoms with Crippen LogP contribution >= 0.6 is 0 Å². The summed E-state index contributed by atoms with van der Waals surface area (Å²) in [5.74, 6) is -3.68. The molecule has 3 aromatic carbocycles. The Morgan fingerprint density at radius 2 is 1.66 bits per heavy atom. The van der Waals surface area contributed by atoms with E-state index in [4.69, 9.17) is 14.5 Å². The number of halogens is 4. The number of H-pyrrole nitrogens is 1. The Morgan fingerprint density at radius 3 is 2.36 bits per heavy atom. The van der Waals surface area contributed by atoms with Crippen LogP contribution in [0.25, 0.3) is 11.0 Å². The van der Waals surface area contributed by atoms with Crippen molar-refractivity contribution in [1.82, 2.24) is 19.9 Å². The molecule has 1 saturated heterocycles. The lowest BCUT2D eigenvalue weighted by atomic mass is 9.88. The van der Waals surface area contributed by atoms with Crippen LogP contribution in [0.3, 0.4) is 0 Å². The van der Waals surface area contributed by atoms with E-state index in [1.807, 2.05) is 26.0 Å². The van der Waals surface area contributed by atoms with Gasteiger partial charge in [0.15, 0.2) is 0 Å². The van der Waals surface area contributed by atoms with Crippen LogP contribution in [0, 0.1) is 37.1 Å². The van der Waals surface area contributed by atoms with Gasteiger partial charge in [-0.2, -0.15) is 0 Å². The molecule has 5 aromatic rings. The van der Waals surface area contributed by atoms with E-state index in [2.05, 4.69) is 15.3 Å². The smallest absolute Gasteiger partial charge is 0.411 e.